The van der Waals surface area contributed by atoms with Crippen molar-refractivity contribution in [3.8, 4) is 23.6 Å². The van der Waals surface area contributed by atoms with Gasteiger partial charge in [0.1, 0.15) is 29.0 Å². The second-order valence-electron chi connectivity index (χ2n) is 9.11. The Labute approximate surface area is 203 Å². The van der Waals surface area contributed by atoms with Crippen LogP contribution < -0.4 is 9.47 Å². The molecule has 0 aromatic heterocycles. The first-order valence-corrected chi connectivity index (χ1v) is 12.5. The lowest BCUT2D eigenvalue weighted by Gasteiger charge is -2.28. The van der Waals surface area contributed by atoms with Crippen LogP contribution in [0.1, 0.15) is 105 Å². The lowest BCUT2D eigenvalue weighted by atomic mass is 9.77. The summed E-state index contributed by atoms with van der Waals surface area (Å²) >= 11 is 0. The molecule has 0 heterocycles. The zero-order valence-corrected chi connectivity index (χ0v) is 20.3. The van der Waals surface area contributed by atoms with Crippen LogP contribution in [0.15, 0.2) is 36.4 Å². The number of nitriles is 2. The smallest absolute Gasteiger partial charge is 0.343 e. The molecule has 0 atom stereocenters. The van der Waals surface area contributed by atoms with Gasteiger partial charge in [0.15, 0.2) is 5.75 Å². The van der Waals surface area contributed by atoms with Gasteiger partial charge in [-0.25, -0.2) is 4.79 Å². The molecule has 1 aliphatic carbocycles. The number of hydrogen-bond acceptors (Lipinski definition) is 5. The van der Waals surface area contributed by atoms with Gasteiger partial charge in [0, 0.05) is 0 Å². The van der Waals surface area contributed by atoms with Crippen LogP contribution in [0.25, 0.3) is 0 Å². The maximum absolute atomic E-state index is 12.8. The molecule has 3 rings (SSSR count). The van der Waals surface area contributed by atoms with E-state index in [0.29, 0.717) is 23.8 Å². The monoisotopic (exact) mass is 458 g/mol. The van der Waals surface area contributed by atoms with Crippen molar-refractivity contribution in [3.05, 3.63) is 58.7 Å². The molecule has 0 unspecified atom stereocenters. The van der Waals surface area contributed by atoms with Crippen molar-refractivity contribution < 1.29 is 14.3 Å². The summed E-state index contributed by atoms with van der Waals surface area (Å²) in [6, 6.07) is 14.7. The van der Waals surface area contributed by atoms with Crippen LogP contribution in [0.2, 0.25) is 0 Å². The highest BCUT2D eigenvalue weighted by Crippen LogP contribution is 2.37. The number of hydrogen-bond donors (Lipinski definition) is 0. The molecule has 5 heteroatoms. The summed E-state index contributed by atoms with van der Waals surface area (Å²) in [6.07, 6.45) is 10.5. The fraction of sp³-hybridized carbons (Fsp3) is 0.483. The molecule has 2 aromatic rings. The fourth-order valence-corrected chi connectivity index (χ4v) is 4.77. The number of nitrogens with zero attached hydrogens (tertiary/aromatic N) is 2. The van der Waals surface area contributed by atoms with E-state index in [1.807, 2.05) is 24.3 Å². The molecular weight excluding hydrogens is 424 g/mol. The minimum absolute atomic E-state index is 0.0179. The molecule has 5 nitrogen and oxygen atoms in total. The maximum Gasteiger partial charge on any atom is 0.343 e. The molecule has 0 aliphatic heterocycles. The van der Waals surface area contributed by atoms with Gasteiger partial charge in [-0.2, -0.15) is 10.5 Å². The highest BCUT2D eigenvalue weighted by atomic mass is 16.5. The number of unbranched alkanes of at least 4 members (excludes halogenated alkanes) is 2. The highest BCUT2D eigenvalue weighted by molar-refractivity contribution is 5.91. The third kappa shape index (κ3) is 6.39. The summed E-state index contributed by atoms with van der Waals surface area (Å²) in [7, 11) is 0. The molecule has 1 saturated carbocycles. The molecule has 178 valence electrons. The van der Waals surface area contributed by atoms with Gasteiger partial charge in [-0.3, -0.25) is 0 Å². The first-order chi connectivity index (χ1) is 16.6. The molecule has 0 amide bonds. The number of rotatable bonds is 10. The topological polar surface area (TPSA) is 83.1 Å². The summed E-state index contributed by atoms with van der Waals surface area (Å²) in [5, 5.41) is 19.2. The van der Waals surface area contributed by atoms with Crippen molar-refractivity contribution >= 4 is 5.97 Å². The molecule has 2 aromatic carbocycles. The second kappa shape index (κ2) is 12.8. The van der Waals surface area contributed by atoms with Crippen LogP contribution in [-0.4, -0.2) is 12.6 Å². The van der Waals surface area contributed by atoms with Crippen LogP contribution in [0, 0.1) is 28.6 Å². The summed E-state index contributed by atoms with van der Waals surface area (Å²) in [6.45, 7) is 4.82. The van der Waals surface area contributed by atoms with Crippen LogP contribution in [0.5, 0.6) is 11.5 Å². The highest BCUT2D eigenvalue weighted by Gasteiger charge is 2.23. The van der Waals surface area contributed by atoms with E-state index in [2.05, 4.69) is 13.8 Å². The first-order valence-electron chi connectivity index (χ1n) is 12.5. The summed E-state index contributed by atoms with van der Waals surface area (Å²) in [5.74, 6) is 1.27. The normalized spacial score (nSPS) is 17.4. The van der Waals surface area contributed by atoms with Crippen LogP contribution in [-0.2, 0) is 0 Å². The second-order valence-corrected chi connectivity index (χ2v) is 9.11. The van der Waals surface area contributed by atoms with E-state index in [9.17, 15) is 15.3 Å². The molecule has 1 fully saturated rings. The Morgan fingerprint density at radius 2 is 1.53 bits per heavy atom. The Morgan fingerprint density at radius 1 is 0.882 bits per heavy atom. The number of carbonyl (C=O) groups is 1. The standard InChI is InChI=1S/C29H34N2O3/c1-3-5-6-18-33-27-16-17-28(26(20-31)25(27)19-30)34-29(32)24-14-12-23(13-15-24)22-10-8-21(7-4-2)9-11-22/h12-17,21-22H,3-11,18H2,1-2H3. The quantitative estimate of drug-likeness (QED) is 0.212. The van der Waals surface area contributed by atoms with E-state index in [1.54, 1.807) is 18.2 Å². The molecular formula is C29H34N2O3. The molecule has 0 bridgehead atoms. The SMILES string of the molecule is CCCCCOc1ccc(OC(=O)c2ccc(C3CCC(CCC)CC3)cc2)c(C#N)c1C#N. The Morgan fingerprint density at radius 3 is 2.15 bits per heavy atom. The Bertz CT molecular complexity index is 1040. The van der Waals surface area contributed by atoms with E-state index in [4.69, 9.17) is 9.47 Å². The van der Waals surface area contributed by atoms with Crippen molar-refractivity contribution in [2.45, 2.75) is 77.6 Å². The first kappa shape index (κ1) is 25.3. The van der Waals surface area contributed by atoms with Gasteiger partial charge in [0.25, 0.3) is 0 Å². The van der Waals surface area contributed by atoms with Gasteiger partial charge in [0.05, 0.1) is 12.2 Å². The van der Waals surface area contributed by atoms with Crippen molar-refractivity contribution in [2.24, 2.45) is 5.92 Å². The van der Waals surface area contributed by atoms with Gasteiger partial charge in [0.2, 0.25) is 0 Å². The van der Waals surface area contributed by atoms with Gasteiger partial charge in [-0.15, -0.1) is 0 Å². The van der Waals surface area contributed by atoms with Gasteiger partial charge < -0.3 is 9.47 Å². The molecule has 0 radical (unpaired) electrons. The largest absolute Gasteiger partial charge is 0.492 e. The fourth-order valence-electron chi connectivity index (χ4n) is 4.77. The molecule has 0 N–H and O–H groups in total. The van der Waals surface area contributed by atoms with Gasteiger partial charge in [-0.05, 0) is 73.8 Å². The lowest BCUT2D eigenvalue weighted by molar-refractivity contribution is 0.0734. The molecule has 0 saturated heterocycles. The zero-order chi connectivity index (χ0) is 24.3. The molecule has 0 spiro atoms. The van der Waals surface area contributed by atoms with Crippen LogP contribution in [0.4, 0.5) is 0 Å². The van der Waals surface area contributed by atoms with Crippen molar-refractivity contribution in [1.29, 1.82) is 10.5 Å². The van der Waals surface area contributed by atoms with E-state index >= 15 is 0 Å². The molecule has 34 heavy (non-hydrogen) atoms. The summed E-state index contributed by atoms with van der Waals surface area (Å²) < 4.78 is 11.2. The average molecular weight is 459 g/mol. The third-order valence-electron chi connectivity index (χ3n) is 6.72. The van der Waals surface area contributed by atoms with Crippen LogP contribution >= 0.6 is 0 Å². The number of benzene rings is 2. The summed E-state index contributed by atoms with van der Waals surface area (Å²) in [5.41, 5.74) is 1.80. The van der Waals surface area contributed by atoms with Crippen molar-refractivity contribution in [1.82, 2.24) is 0 Å². The van der Waals surface area contributed by atoms with E-state index in [-0.39, 0.29) is 16.9 Å². The number of esters is 1. The van der Waals surface area contributed by atoms with Crippen LogP contribution in [0.3, 0.4) is 0 Å². The molecule has 1 aliphatic rings. The Kier molecular flexibility index (Phi) is 9.53. The predicted molar refractivity (Wildman–Crippen MR) is 132 cm³/mol. The minimum Gasteiger partial charge on any atom is -0.492 e. The van der Waals surface area contributed by atoms with Crippen molar-refractivity contribution in [2.75, 3.05) is 6.61 Å². The van der Waals surface area contributed by atoms with E-state index in [0.717, 1.165) is 25.2 Å². The Balaban J connectivity index is 1.67. The average Bonchev–Trinajstić information content (AvgIpc) is 2.87. The minimum atomic E-state index is -0.546. The van der Waals surface area contributed by atoms with E-state index < -0.39 is 5.97 Å². The number of carbonyl (C=O) groups excluding carboxylic acids is 1. The maximum atomic E-state index is 12.8. The van der Waals surface area contributed by atoms with Gasteiger partial charge >= 0.3 is 5.97 Å². The number of ether oxygens (including phenoxy) is 2. The lowest BCUT2D eigenvalue weighted by Crippen LogP contribution is -2.14. The summed E-state index contributed by atoms with van der Waals surface area (Å²) in [4.78, 5) is 12.8. The van der Waals surface area contributed by atoms with Crippen molar-refractivity contribution in [3.63, 3.8) is 0 Å². The predicted octanol–water partition coefficient (Wildman–Crippen LogP) is 7.29. The van der Waals surface area contributed by atoms with Gasteiger partial charge in [-0.1, -0.05) is 51.7 Å². The third-order valence-corrected chi connectivity index (χ3v) is 6.72. The van der Waals surface area contributed by atoms with E-state index in [1.165, 1.54) is 50.2 Å². The Hall–Kier alpha value is -3.31. The zero-order valence-electron chi connectivity index (χ0n) is 20.3.